The number of carbonyl (C=O) groups is 1. The third kappa shape index (κ3) is 3.00. The molecule has 2 heterocycles. The minimum Gasteiger partial charge on any atom is -0.453 e. The maximum Gasteiger partial charge on any atom is 0.290 e. The number of hydrogen-bond acceptors (Lipinski definition) is 4. The van der Waals surface area contributed by atoms with Gasteiger partial charge in [0.05, 0.1) is 12.1 Å². The van der Waals surface area contributed by atoms with E-state index in [1.54, 1.807) is 25.1 Å². The van der Waals surface area contributed by atoms with Gasteiger partial charge in [-0.1, -0.05) is 12.1 Å². The van der Waals surface area contributed by atoms with Crippen LogP contribution >= 0.6 is 0 Å². The van der Waals surface area contributed by atoms with Crippen molar-refractivity contribution in [2.24, 2.45) is 0 Å². The Bertz CT molecular complexity index is 727. The summed E-state index contributed by atoms with van der Waals surface area (Å²) in [6, 6.07) is 7.23. The third-order valence-electron chi connectivity index (χ3n) is 4.09. The van der Waals surface area contributed by atoms with Crippen LogP contribution in [0.4, 0.5) is 4.39 Å². The van der Waals surface area contributed by atoms with Crippen LogP contribution in [0.2, 0.25) is 0 Å². The van der Waals surface area contributed by atoms with Crippen LogP contribution in [-0.2, 0) is 6.61 Å². The predicted octanol–water partition coefficient (Wildman–Crippen LogP) is 2.17. The van der Waals surface area contributed by atoms with Gasteiger partial charge in [0.25, 0.3) is 5.91 Å². The lowest BCUT2D eigenvalue weighted by atomic mass is 10.0. The summed E-state index contributed by atoms with van der Waals surface area (Å²) in [7, 11) is 0. The zero-order valence-electron chi connectivity index (χ0n) is 12.7. The minimum absolute atomic E-state index is 0.143. The molecular weight excluding hydrogens is 301 g/mol. The maximum atomic E-state index is 13.5. The van der Waals surface area contributed by atoms with E-state index >= 15 is 0 Å². The van der Waals surface area contributed by atoms with Gasteiger partial charge in [-0.2, -0.15) is 0 Å². The second-order valence-electron chi connectivity index (χ2n) is 5.80. The minimum atomic E-state index is -0.667. The Morgan fingerprint density at radius 3 is 2.87 bits per heavy atom. The fourth-order valence-corrected chi connectivity index (χ4v) is 3.04. The standard InChI is InChI=1S/C17H18FNO4/c1-10-5-14(9-20)23-16(10)17(22)19-8-13(21)7-15(19)11-3-2-4-12(18)6-11/h2-6,13,15,20-21H,7-9H2,1H3/t13-,15-/m0/s1. The monoisotopic (exact) mass is 319 g/mol. The summed E-state index contributed by atoms with van der Waals surface area (Å²) in [4.78, 5) is 14.2. The molecule has 0 saturated carbocycles. The van der Waals surface area contributed by atoms with E-state index in [-0.39, 0.29) is 30.6 Å². The molecule has 0 bridgehead atoms. The van der Waals surface area contributed by atoms with E-state index in [4.69, 9.17) is 9.52 Å². The highest BCUT2D eigenvalue weighted by Gasteiger charge is 2.37. The Morgan fingerprint density at radius 2 is 2.22 bits per heavy atom. The molecule has 3 rings (SSSR count). The van der Waals surface area contributed by atoms with Gasteiger partial charge >= 0.3 is 0 Å². The number of β-amino-alcohol motifs (C(OH)–C–C–N with tert-alkyl or cyclic N) is 1. The maximum absolute atomic E-state index is 13.5. The molecule has 1 fully saturated rings. The zero-order chi connectivity index (χ0) is 16.6. The first-order valence-electron chi connectivity index (χ1n) is 7.44. The van der Waals surface area contributed by atoms with Gasteiger partial charge in [0.2, 0.25) is 0 Å². The molecule has 1 aliphatic heterocycles. The number of likely N-dealkylation sites (tertiary alicyclic amines) is 1. The SMILES string of the molecule is Cc1cc(CO)oc1C(=O)N1C[C@@H](O)C[C@H]1c1cccc(F)c1. The normalized spacial score (nSPS) is 21.0. The number of benzene rings is 1. The van der Waals surface area contributed by atoms with Crippen molar-refractivity contribution in [3.63, 3.8) is 0 Å². The van der Waals surface area contributed by atoms with E-state index in [2.05, 4.69) is 0 Å². The predicted molar refractivity (Wildman–Crippen MR) is 80.2 cm³/mol. The van der Waals surface area contributed by atoms with Crippen molar-refractivity contribution in [3.05, 3.63) is 58.8 Å². The van der Waals surface area contributed by atoms with Crippen LogP contribution in [0, 0.1) is 12.7 Å². The van der Waals surface area contributed by atoms with Crippen LogP contribution in [0.15, 0.2) is 34.7 Å². The molecular formula is C17H18FNO4. The van der Waals surface area contributed by atoms with Crippen LogP contribution in [0.5, 0.6) is 0 Å². The van der Waals surface area contributed by atoms with Crippen LogP contribution in [0.25, 0.3) is 0 Å². The Labute approximate surface area is 133 Å². The number of furan rings is 1. The highest BCUT2D eigenvalue weighted by molar-refractivity contribution is 5.93. The highest BCUT2D eigenvalue weighted by atomic mass is 19.1. The number of aliphatic hydroxyl groups excluding tert-OH is 2. The summed E-state index contributed by atoms with van der Waals surface area (Å²) >= 11 is 0. The molecule has 2 N–H and O–H groups in total. The molecule has 2 atom stereocenters. The number of hydrogen-bond donors (Lipinski definition) is 2. The van der Waals surface area contributed by atoms with Crippen molar-refractivity contribution in [1.29, 1.82) is 0 Å². The molecule has 122 valence electrons. The average Bonchev–Trinajstić information content (AvgIpc) is 3.09. The van der Waals surface area contributed by atoms with Crippen molar-refractivity contribution in [3.8, 4) is 0 Å². The number of halogens is 1. The van der Waals surface area contributed by atoms with Gasteiger partial charge < -0.3 is 19.5 Å². The number of nitrogens with zero attached hydrogens (tertiary/aromatic N) is 1. The van der Waals surface area contributed by atoms with E-state index in [0.29, 0.717) is 23.3 Å². The fraction of sp³-hybridized carbons (Fsp3) is 0.353. The van der Waals surface area contributed by atoms with E-state index in [9.17, 15) is 14.3 Å². The number of amides is 1. The highest BCUT2D eigenvalue weighted by Crippen LogP contribution is 2.34. The lowest BCUT2D eigenvalue weighted by Crippen LogP contribution is -2.32. The Morgan fingerprint density at radius 1 is 1.43 bits per heavy atom. The number of rotatable bonds is 3. The molecule has 6 heteroatoms. The van der Waals surface area contributed by atoms with Gasteiger partial charge in [0.1, 0.15) is 18.2 Å². The summed E-state index contributed by atoms with van der Waals surface area (Å²) in [6.07, 6.45) is -0.318. The molecule has 0 spiro atoms. The molecule has 2 aromatic rings. The largest absolute Gasteiger partial charge is 0.453 e. The van der Waals surface area contributed by atoms with Crippen molar-refractivity contribution < 1.29 is 23.8 Å². The lowest BCUT2D eigenvalue weighted by Gasteiger charge is -2.24. The van der Waals surface area contributed by atoms with Gasteiger partial charge in [0.15, 0.2) is 5.76 Å². The molecule has 1 aliphatic rings. The lowest BCUT2D eigenvalue weighted by molar-refractivity contribution is 0.0678. The van der Waals surface area contributed by atoms with Gasteiger partial charge in [-0.3, -0.25) is 4.79 Å². The second-order valence-corrected chi connectivity index (χ2v) is 5.80. The summed E-state index contributed by atoms with van der Waals surface area (Å²) < 4.78 is 18.9. The molecule has 1 aromatic heterocycles. The summed E-state index contributed by atoms with van der Waals surface area (Å²) in [5, 5.41) is 19.1. The quantitative estimate of drug-likeness (QED) is 0.909. The first-order valence-corrected chi connectivity index (χ1v) is 7.44. The Kier molecular flexibility index (Phi) is 4.19. The Balaban J connectivity index is 1.92. The fourth-order valence-electron chi connectivity index (χ4n) is 3.04. The van der Waals surface area contributed by atoms with Crippen molar-refractivity contribution >= 4 is 5.91 Å². The van der Waals surface area contributed by atoms with Gasteiger partial charge in [0, 0.05) is 12.1 Å². The number of aryl methyl sites for hydroxylation is 1. The molecule has 0 unspecified atom stereocenters. The van der Waals surface area contributed by atoms with E-state index in [0.717, 1.165) is 0 Å². The zero-order valence-corrected chi connectivity index (χ0v) is 12.7. The van der Waals surface area contributed by atoms with E-state index in [1.807, 2.05) is 0 Å². The molecule has 23 heavy (non-hydrogen) atoms. The van der Waals surface area contributed by atoms with Crippen LogP contribution in [0.1, 0.15) is 39.9 Å². The van der Waals surface area contributed by atoms with Crippen molar-refractivity contribution in [1.82, 2.24) is 4.90 Å². The van der Waals surface area contributed by atoms with E-state index < -0.39 is 12.1 Å². The molecule has 0 radical (unpaired) electrons. The third-order valence-corrected chi connectivity index (χ3v) is 4.09. The average molecular weight is 319 g/mol. The van der Waals surface area contributed by atoms with E-state index in [1.165, 1.54) is 17.0 Å². The van der Waals surface area contributed by atoms with Crippen molar-refractivity contribution in [2.75, 3.05) is 6.54 Å². The molecule has 1 saturated heterocycles. The van der Waals surface area contributed by atoms with Crippen molar-refractivity contribution in [2.45, 2.75) is 32.1 Å². The molecule has 5 nitrogen and oxygen atoms in total. The van der Waals surface area contributed by atoms with Gasteiger partial charge in [-0.15, -0.1) is 0 Å². The smallest absolute Gasteiger partial charge is 0.290 e. The number of carbonyl (C=O) groups excluding carboxylic acids is 1. The summed E-state index contributed by atoms with van der Waals surface area (Å²) in [5.41, 5.74) is 1.26. The van der Waals surface area contributed by atoms with Crippen LogP contribution in [-0.4, -0.2) is 33.7 Å². The van der Waals surface area contributed by atoms with Crippen LogP contribution < -0.4 is 0 Å². The van der Waals surface area contributed by atoms with Gasteiger partial charge in [-0.25, -0.2) is 4.39 Å². The molecule has 1 amide bonds. The van der Waals surface area contributed by atoms with Gasteiger partial charge in [-0.05, 0) is 37.1 Å². The summed E-state index contributed by atoms with van der Waals surface area (Å²) in [5.74, 6) is -0.293. The summed E-state index contributed by atoms with van der Waals surface area (Å²) in [6.45, 7) is 1.60. The number of aliphatic hydroxyl groups is 2. The topological polar surface area (TPSA) is 73.9 Å². The Hall–Kier alpha value is -2.18. The van der Waals surface area contributed by atoms with Crippen LogP contribution in [0.3, 0.4) is 0 Å². The second kappa shape index (κ2) is 6.14. The first kappa shape index (κ1) is 15.7. The molecule has 0 aliphatic carbocycles. The molecule has 1 aromatic carbocycles. The first-order chi connectivity index (χ1) is 11.0.